The summed E-state index contributed by atoms with van der Waals surface area (Å²) in [5, 5.41) is 0. The third-order valence-electron chi connectivity index (χ3n) is 4.80. The molecule has 2 heterocycles. The molecule has 0 unspecified atom stereocenters. The number of amides is 1. The Bertz CT molecular complexity index is 693. The van der Waals surface area contributed by atoms with Crippen molar-refractivity contribution in [2.24, 2.45) is 0 Å². The van der Waals surface area contributed by atoms with Gasteiger partial charge in [-0.15, -0.1) is 0 Å². The second-order valence-electron chi connectivity index (χ2n) is 6.75. The van der Waals surface area contributed by atoms with Gasteiger partial charge in [-0.25, -0.2) is 0 Å². The van der Waals surface area contributed by atoms with Crippen LogP contribution >= 0.6 is 0 Å². The lowest BCUT2D eigenvalue weighted by Crippen LogP contribution is -2.56. The summed E-state index contributed by atoms with van der Waals surface area (Å²) >= 11 is 0. The molecule has 1 atom stereocenters. The summed E-state index contributed by atoms with van der Waals surface area (Å²) in [6.07, 6.45) is 0.949. The van der Waals surface area contributed by atoms with Crippen LogP contribution in [-0.2, 0) is 0 Å². The number of piperazine rings is 1. The highest BCUT2D eigenvalue weighted by molar-refractivity contribution is 5.99. The van der Waals surface area contributed by atoms with E-state index < -0.39 is 5.56 Å². The van der Waals surface area contributed by atoms with Crippen LogP contribution in [0.1, 0.15) is 60.5 Å². The first-order valence-electron chi connectivity index (χ1n) is 8.56. The number of carbonyl (C=O) groups excluding carboxylic acids is 2. The summed E-state index contributed by atoms with van der Waals surface area (Å²) in [4.78, 5) is 43.5. The van der Waals surface area contributed by atoms with E-state index in [1.54, 1.807) is 11.8 Å². The molecule has 1 fully saturated rings. The predicted octanol–water partition coefficient (Wildman–Crippen LogP) is 1.83. The van der Waals surface area contributed by atoms with Crippen LogP contribution in [0.2, 0.25) is 0 Å². The van der Waals surface area contributed by atoms with Crippen LogP contribution < -0.4 is 5.56 Å². The Kier molecular flexibility index (Phi) is 5.59. The monoisotopic (exact) mass is 333 g/mol. The molecule has 1 aromatic heterocycles. The van der Waals surface area contributed by atoms with Crippen LogP contribution in [0.3, 0.4) is 0 Å². The number of H-pyrrole nitrogens is 1. The first-order valence-corrected chi connectivity index (χ1v) is 8.56. The highest BCUT2D eigenvalue weighted by atomic mass is 16.2. The molecule has 6 nitrogen and oxygen atoms in total. The highest BCUT2D eigenvalue weighted by Crippen LogP contribution is 2.18. The smallest absolute Gasteiger partial charge is 0.261 e. The summed E-state index contributed by atoms with van der Waals surface area (Å²) in [6, 6.07) is 2.16. The number of hydrogen-bond acceptors (Lipinski definition) is 4. The van der Waals surface area contributed by atoms with E-state index in [9.17, 15) is 14.4 Å². The molecule has 1 N–H and O–H groups in total. The normalized spacial score (nSPS) is 18.9. The molecular formula is C18H27N3O3. The van der Waals surface area contributed by atoms with E-state index in [-0.39, 0.29) is 17.3 Å². The zero-order valence-electron chi connectivity index (χ0n) is 15.2. The predicted molar refractivity (Wildman–Crippen MR) is 93.6 cm³/mol. The van der Waals surface area contributed by atoms with Gasteiger partial charge in [0.15, 0.2) is 5.78 Å². The zero-order valence-corrected chi connectivity index (χ0v) is 15.2. The second-order valence-corrected chi connectivity index (χ2v) is 6.75. The van der Waals surface area contributed by atoms with Crippen molar-refractivity contribution in [3.8, 4) is 0 Å². The highest BCUT2D eigenvalue weighted by Gasteiger charge is 2.31. The summed E-state index contributed by atoms with van der Waals surface area (Å²) in [5.74, 6) is -0.450. The second kappa shape index (κ2) is 7.30. The van der Waals surface area contributed by atoms with Gasteiger partial charge in [0, 0.05) is 43.0 Å². The number of nitrogens with zero attached hydrogens (tertiary/aromatic N) is 2. The number of pyridine rings is 1. The average Bonchev–Trinajstić information content (AvgIpc) is 2.53. The zero-order chi connectivity index (χ0) is 18.0. The molecule has 132 valence electrons. The summed E-state index contributed by atoms with van der Waals surface area (Å²) in [5.41, 5.74) is 0.520. The van der Waals surface area contributed by atoms with Crippen molar-refractivity contribution in [1.29, 1.82) is 0 Å². The van der Waals surface area contributed by atoms with Crippen LogP contribution in [-0.4, -0.2) is 58.2 Å². The summed E-state index contributed by atoms with van der Waals surface area (Å²) in [6.45, 7) is 11.5. The Balaban J connectivity index is 2.28. The number of carbonyl (C=O) groups is 2. The standard InChI is InChI=1S/C18H27N3O3/c1-6-14-10-20(7-8-21(14)11(2)3)18(24)16-9-15(13(5)22)12(4)19-17(16)23/h9,11,14H,6-8,10H2,1-5H3,(H,19,23)/t14-/m1/s1. The van der Waals surface area contributed by atoms with Crippen molar-refractivity contribution >= 4 is 11.7 Å². The fourth-order valence-electron chi connectivity index (χ4n) is 3.42. The maximum atomic E-state index is 12.8. The first-order chi connectivity index (χ1) is 11.3. The number of Topliss-reactive ketones (excluding diaryl/α,β-unsaturated/α-hetero) is 1. The molecule has 1 amide bonds. The van der Waals surface area contributed by atoms with Gasteiger partial charge in [0.25, 0.3) is 11.5 Å². The minimum Gasteiger partial charge on any atom is -0.336 e. The summed E-state index contributed by atoms with van der Waals surface area (Å²) < 4.78 is 0. The average molecular weight is 333 g/mol. The van der Waals surface area contributed by atoms with Crippen molar-refractivity contribution in [2.75, 3.05) is 19.6 Å². The molecule has 1 aromatic rings. The number of hydrogen-bond donors (Lipinski definition) is 1. The van der Waals surface area contributed by atoms with Crippen LogP contribution in [0.5, 0.6) is 0 Å². The minimum absolute atomic E-state index is 0.0543. The van der Waals surface area contributed by atoms with Gasteiger partial charge in [-0.3, -0.25) is 19.3 Å². The molecule has 0 saturated carbocycles. The Morgan fingerprint density at radius 2 is 1.96 bits per heavy atom. The van der Waals surface area contributed by atoms with Gasteiger partial charge < -0.3 is 9.88 Å². The number of ketones is 1. The lowest BCUT2D eigenvalue weighted by atomic mass is 10.0. The Morgan fingerprint density at radius 3 is 2.50 bits per heavy atom. The molecular weight excluding hydrogens is 306 g/mol. The van der Waals surface area contributed by atoms with E-state index in [0.717, 1.165) is 13.0 Å². The molecule has 1 saturated heterocycles. The molecule has 0 aromatic carbocycles. The molecule has 24 heavy (non-hydrogen) atoms. The number of aromatic amines is 1. The number of rotatable bonds is 4. The van der Waals surface area contributed by atoms with Gasteiger partial charge in [-0.1, -0.05) is 6.92 Å². The molecule has 0 bridgehead atoms. The van der Waals surface area contributed by atoms with Gasteiger partial charge >= 0.3 is 0 Å². The van der Waals surface area contributed by atoms with Crippen LogP contribution in [0.4, 0.5) is 0 Å². The van der Waals surface area contributed by atoms with Crippen LogP contribution in [0.15, 0.2) is 10.9 Å². The molecule has 2 rings (SSSR count). The van der Waals surface area contributed by atoms with E-state index in [0.29, 0.717) is 36.4 Å². The van der Waals surface area contributed by atoms with Gasteiger partial charge in [-0.2, -0.15) is 0 Å². The van der Waals surface area contributed by atoms with Gasteiger partial charge in [0.05, 0.1) is 0 Å². The Labute approximate surface area is 142 Å². The molecule has 0 spiro atoms. The van der Waals surface area contributed by atoms with E-state index in [4.69, 9.17) is 0 Å². The van der Waals surface area contributed by atoms with Crippen molar-refractivity contribution < 1.29 is 9.59 Å². The van der Waals surface area contributed by atoms with Crippen molar-refractivity contribution in [2.45, 2.75) is 53.1 Å². The molecule has 0 aliphatic carbocycles. The van der Waals surface area contributed by atoms with Crippen molar-refractivity contribution in [3.63, 3.8) is 0 Å². The van der Waals surface area contributed by atoms with E-state index in [1.807, 2.05) is 0 Å². The van der Waals surface area contributed by atoms with Gasteiger partial charge in [-0.05, 0) is 40.2 Å². The first kappa shape index (κ1) is 18.4. The van der Waals surface area contributed by atoms with Gasteiger partial charge in [0.2, 0.25) is 0 Å². The fraction of sp³-hybridized carbons (Fsp3) is 0.611. The fourth-order valence-corrected chi connectivity index (χ4v) is 3.42. The topological polar surface area (TPSA) is 73.5 Å². The molecule has 6 heteroatoms. The number of aromatic nitrogens is 1. The Morgan fingerprint density at radius 1 is 1.29 bits per heavy atom. The van der Waals surface area contributed by atoms with Crippen molar-refractivity contribution in [1.82, 2.24) is 14.8 Å². The molecule has 1 aliphatic heterocycles. The quantitative estimate of drug-likeness (QED) is 0.853. The third kappa shape index (κ3) is 3.59. The number of aryl methyl sites for hydroxylation is 1. The summed E-state index contributed by atoms with van der Waals surface area (Å²) in [7, 11) is 0. The SMILES string of the molecule is CC[C@@H]1CN(C(=O)c2cc(C(C)=O)c(C)[nH]c2=O)CCN1C(C)C. The third-order valence-corrected chi connectivity index (χ3v) is 4.80. The van der Waals surface area contributed by atoms with E-state index in [1.165, 1.54) is 13.0 Å². The van der Waals surface area contributed by atoms with E-state index >= 15 is 0 Å². The van der Waals surface area contributed by atoms with Gasteiger partial charge in [0.1, 0.15) is 5.56 Å². The minimum atomic E-state index is -0.429. The van der Waals surface area contributed by atoms with E-state index in [2.05, 4.69) is 30.7 Å². The molecule has 0 radical (unpaired) electrons. The maximum Gasteiger partial charge on any atom is 0.261 e. The maximum absolute atomic E-state index is 12.8. The van der Waals surface area contributed by atoms with Crippen LogP contribution in [0, 0.1) is 6.92 Å². The number of nitrogens with one attached hydrogen (secondary N) is 1. The molecule has 1 aliphatic rings. The van der Waals surface area contributed by atoms with Crippen molar-refractivity contribution in [3.05, 3.63) is 33.2 Å². The lowest BCUT2D eigenvalue weighted by molar-refractivity contribution is 0.0370. The van der Waals surface area contributed by atoms with Crippen LogP contribution in [0.25, 0.3) is 0 Å². The lowest BCUT2D eigenvalue weighted by Gasteiger charge is -2.43. The Hall–Kier alpha value is -1.95. The largest absolute Gasteiger partial charge is 0.336 e.